The standard InChI is InChI=1S/C25H28N4OS/c1-4-6-9-18-12-14-19(15-13-18)26-24(30)22(5-2)31-25-28-27-23-16-17(3)20-10-7-8-11-21(20)29(23)25/h7-8,10-16,22H,4-6,9H2,1-3H3,(H,26,30). The van der Waals surface area contributed by atoms with Gasteiger partial charge in [-0.15, -0.1) is 10.2 Å². The van der Waals surface area contributed by atoms with Gasteiger partial charge < -0.3 is 5.32 Å². The lowest BCUT2D eigenvalue weighted by Crippen LogP contribution is -2.24. The number of nitrogens with zero attached hydrogens (tertiary/aromatic N) is 3. The van der Waals surface area contributed by atoms with E-state index in [1.165, 1.54) is 35.7 Å². The Morgan fingerprint density at radius 3 is 2.61 bits per heavy atom. The lowest BCUT2D eigenvalue weighted by molar-refractivity contribution is -0.115. The summed E-state index contributed by atoms with van der Waals surface area (Å²) in [5.41, 5.74) is 5.16. The van der Waals surface area contributed by atoms with Crippen LogP contribution in [0.25, 0.3) is 16.6 Å². The van der Waals surface area contributed by atoms with Gasteiger partial charge in [-0.1, -0.05) is 62.4 Å². The fourth-order valence-corrected chi connectivity index (χ4v) is 4.73. The van der Waals surface area contributed by atoms with E-state index in [1.54, 1.807) is 0 Å². The van der Waals surface area contributed by atoms with E-state index in [0.29, 0.717) is 6.42 Å². The summed E-state index contributed by atoms with van der Waals surface area (Å²) in [6, 6.07) is 18.4. The van der Waals surface area contributed by atoms with Crippen LogP contribution in [0.3, 0.4) is 0 Å². The number of fused-ring (bicyclic) bond motifs is 3. The topological polar surface area (TPSA) is 59.3 Å². The molecule has 0 aliphatic heterocycles. The van der Waals surface area contributed by atoms with Crippen LogP contribution in [0.4, 0.5) is 5.69 Å². The molecule has 2 aromatic carbocycles. The second-order valence-corrected chi connectivity index (χ2v) is 9.00. The molecule has 0 bridgehead atoms. The molecule has 0 spiro atoms. The first-order valence-electron chi connectivity index (χ1n) is 10.9. The van der Waals surface area contributed by atoms with Gasteiger partial charge in [-0.3, -0.25) is 9.20 Å². The van der Waals surface area contributed by atoms with Gasteiger partial charge in [-0.25, -0.2) is 0 Å². The number of hydrogen-bond acceptors (Lipinski definition) is 4. The van der Waals surface area contributed by atoms with Crippen molar-refractivity contribution in [1.29, 1.82) is 0 Å². The van der Waals surface area contributed by atoms with Gasteiger partial charge >= 0.3 is 0 Å². The molecule has 160 valence electrons. The molecule has 0 aliphatic carbocycles. The number of thioether (sulfide) groups is 1. The third kappa shape index (κ3) is 4.59. The molecule has 2 heterocycles. The van der Waals surface area contributed by atoms with Crippen molar-refractivity contribution in [2.24, 2.45) is 0 Å². The van der Waals surface area contributed by atoms with Crippen LogP contribution in [-0.4, -0.2) is 25.8 Å². The van der Waals surface area contributed by atoms with Crippen molar-refractivity contribution in [3.05, 3.63) is 65.7 Å². The molecule has 0 radical (unpaired) electrons. The highest BCUT2D eigenvalue weighted by Crippen LogP contribution is 2.29. The summed E-state index contributed by atoms with van der Waals surface area (Å²) in [5.74, 6) is -0.0121. The van der Waals surface area contributed by atoms with Crippen molar-refractivity contribution in [2.45, 2.75) is 56.9 Å². The number of aryl methyl sites for hydroxylation is 2. The summed E-state index contributed by atoms with van der Waals surface area (Å²) < 4.78 is 2.05. The number of carbonyl (C=O) groups is 1. The smallest absolute Gasteiger partial charge is 0.237 e. The number of nitrogens with one attached hydrogen (secondary N) is 1. The third-order valence-electron chi connectivity index (χ3n) is 5.53. The van der Waals surface area contributed by atoms with Crippen LogP contribution in [-0.2, 0) is 11.2 Å². The van der Waals surface area contributed by atoms with Crippen LogP contribution < -0.4 is 5.32 Å². The highest BCUT2D eigenvalue weighted by molar-refractivity contribution is 8.00. The molecule has 6 heteroatoms. The Labute approximate surface area is 187 Å². The molecular formula is C25H28N4OS. The van der Waals surface area contributed by atoms with Gasteiger partial charge in [0.15, 0.2) is 10.8 Å². The Kier molecular flexibility index (Phi) is 6.56. The van der Waals surface area contributed by atoms with Crippen LogP contribution in [0.2, 0.25) is 0 Å². The van der Waals surface area contributed by atoms with Gasteiger partial charge in [-0.05, 0) is 61.6 Å². The predicted molar refractivity (Wildman–Crippen MR) is 129 cm³/mol. The molecule has 1 unspecified atom stereocenters. The number of para-hydroxylation sites is 1. The van der Waals surface area contributed by atoms with Crippen LogP contribution in [0, 0.1) is 6.92 Å². The minimum Gasteiger partial charge on any atom is -0.325 e. The van der Waals surface area contributed by atoms with Crippen molar-refractivity contribution in [1.82, 2.24) is 14.6 Å². The molecule has 1 amide bonds. The number of rotatable bonds is 8. The second kappa shape index (κ2) is 9.52. The van der Waals surface area contributed by atoms with E-state index in [9.17, 15) is 4.79 Å². The van der Waals surface area contributed by atoms with Crippen LogP contribution >= 0.6 is 11.8 Å². The third-order valence-corrected chi connectivity index (χ3v) is 6.83. The fraction of sp³-hybridized carbons (Fsp3) is 0.320. The average molecular weight is 433 g/mol. The molecular weight excluding hydrogens is 404 g/mol. The molecule has 0 saturated carbocycles. The molecule has 2 aromatic heterocycles. The van der Waals surface area contributed by atoms with Crippen LogP contribution in [0.1, 0.15) is 44.2 Å². The first kappa shape index (κ1) is 21.4. The monoisotopic (exact) mass is 432 g/mol. The molecule has 0 fully saturated rings. The molecule has 31 heavy (non-hydrogen) atoms. The second-order valence-electron chi connectivity index (χ2n) is 7.83. The van der Waals surface area contributed by atoms with Crippen molar-refractivity contribution in [3.8, 4) is 0 Å². The zero-order chi connectivity index (χ0) is 21.8. The van der Waals surface area contributed by atoms with Crippen LogP contribution in [0.15, 0.2) is 59.8 Å². The van der Waals surface area contributed by atoms with E-state index >= 15 is 0 Å². The maximum atomic E-state index is 13.0. The minimum absolute atomic E-state index is 0.0121. The van der Waals surface area contributed by atoms with Gasteiger partial charge in [0, 0.05) is 11.1 Å². The van der Waals surface area contributed by atoms with Crippen molar-refractivity contribution < 1.29 is 4.79 Å². The lowest BCUT2D eigenvalue weighted by Gasteiger charge is -2.15. The number of carbonyl (C=O) groups excluding carboxylic acids is 1. The molecule has 0 saturated heterocycles. The van der Waals surface area contributed by atoms with E-state index in [2.05, 4.69) is 53.6 Å². The maximum Gasteiger partial charge on any atom is 0.237 e. The lowest BCUT2D eigenvalue weighted by atomic mass is 10.1. The first-order chi connectivity index (χ1) is 15.1. The number of benzene rings is 2. The normalized spacial score (nSPS) is 12.4. The molecule has 1 atom stereocenters. The van der Waals surface area contributed by atoms with Gasteiger partial charge in [0.05, 0.1) is 10.8 Å². The fourth-order valence-electron chi connectivity index (χ4n) is 3.76. The Bertz CT molecular complexity index is 1200. The molecule has 1 N–H and O–H groups in total. The zero-order valence-corrected chi connectivity index (χ0v) is 19.1. The number of anilines is 1. The highest BCUT2D eigenvalue weighted by atomic mass is 32.2. The minimum atomic E-state index is -0.257. The number of pyridine rings is 1. The number of unbranched alkanes of at least 4 members (excludes halogenated alkanes) is 1. The molecule has 5 nitrogen and oxygen atoms in total. The summed E-state index contributed by atoms with van der Waals surface area (Å²) in [5, 5.41) is 13.5. The molecule has 0 aliphatic rings. The van der Waals surface area contributed by atoms with Crippen molar-refractivity contribution in [3.63, 3.8) is 0 Å². The Morgan fingerprint density at radius 2 is 1.87 bits per heavy atom. The van der Waals surface area contributed by atoms with Crippen molar-refractivity contribution in [2.75, 3.05) is 5.32 Å². The largest absolute Gasteiger partial charge is 0.325 e. The zero-order valence-electron chi connectivity index (χ0n) is 18.3. The van der Waals surface area contributed by atoms with E-state index in [1.807, 2.05) is 41.7 Å². The summed E-state index contributed by atoms with van der Waals surface area (Å²) in [6.45, 7) is 6.30. The summed E-state index contributed by atoms with van der Waals surface area (Å²) >= 11 is 1.46. The van der Waals surface area contributed by atoms with E-state index in [-0.39, 0.29) is 11.2 Å². The van der Waals surface area contributed by atoms with Gasteiger partial charge in [0.25, 0.3) is 0 Å². The maximum absolute atomic E-state index is 13.0. The summed E-state index contributed by atoms with van der Waals surface area (Å²) in [6.07, 6.45) is 4.14. The molecule has 4 aromatic rings. The number of aromatic nitrogens is 3. The first-order valence-corrected chi connectivity index (χ1v) is 11.8. The SMILES string of the molecule is CCCCc1ccc(NC(=O)C(CC)Sc2nnc3cc(C)c4ccccc4n23)cc1. The predicted octanol–water partition coefficient (Wildman–Crippen LogP) is 6.04. The molecule has 4 rings (SSSR count). The van der Waals surface area contributed by atoms with Crippen molar-refractivity contribution >= 4 is 39.9 Å². The van der Waals surface area contributed by atoms with Crippen LogP contribution in [0.5, 0.6) is 0 Å². The number of hydrogen-bond donors (Lipinski definition) is 1. The Morgan fingerprint density at radius 1 is 1.10 bits per heavy atom. The average Bonchev–Trinajstić information content (AvgIpc) is 3.19. The Balaban J connectivity index is 1.54. The van der Waals surface area contributed by atoms with E-state index in [0.717, 1.165) is 33.8 Å². The number of amides is 1. The van der Waals surface area contributed by atoms with Gasteiger partial charge in [0.2, 0.25) is 5.91 Å². The van der Waals surface area contributed by atoms with Gasteiger partial charge in [-0.2, -0.15) is 0 Å². The van der Waals surface area contributed by atoms with Gasteiger partial charge in [0.1, 0.15) is 0 Å². The Hall–Kier alpha value is -2.86. The quantitative estimate of drug-likeness (QED) is 0.345. The highest BCUT2D eigenvalue weighted by Gasteiger charge is 2.22. The summed E-state index contributed by atoms with van der Waals surface area (Å²) in [7, 11) is 0. The van der Waals surface area contributed by atoms with E-state index in [4.69, 9.17) is 0 Å². The summed E-state index contributed by atoms with van der Waals surface area (Å²) in [4.78, 5) is 13.0. The van der Waals surface area contributed by atoms with E-state index < -0.39 is 0 Å².